The monoisotopic (exact) mass is 419 g/mol. The molecule has 1 fully saturated rings. The molecule has 8 nitrogen and oxygen atoms in total. The van der Waals surface area contributed by atoms with E-state index in [1.165, 1.54) is 0 Å². The molecule has 0 N–H and O–H groups in total. The molecule has 156 valence electrons. The van der Waals surface area contributed by atoms with E-state index in [1.807, 2.05) is 30.5 Å². The number of Topliss-reactive ketones (excluding diaryl/α,β-unsaturated/α-hetero) is 1. The molecule has 1 saturated heterocycles. The fourth-order valence-corrected chi connectivity index (χ4v) is 5.35. The van der Waals surface area contributed by atoms with E-state index in [4.69, 9.17) is 4.74 Å². The van der Waals surface area contributed by atoms with Crippen LogP contribution in [-0.4, -0.2) is 61.9 Å². The number of anilines is 1. The summed E-state index contributed by atoms with van der Waals surface area (Å²) in [6, 6.07) is 4.85. The van der Waals surface area contributed by atoms with Crippen LogP contribution in [-0.2, 0) is 14.6 Å². The number of carbonyl (C=O) groups is 2. The first-order valence-electron chi connectivity index (χ1n) is 9.31. The van der Waals surface area contributed by atoms with E-state index in [1.54, 1.807) is 31.3 Å². The minimum atomic E-state index is -3.03. The van der Waals surface area contributed by atoms with Crippen molar-refractivity contribution in [2.45, 2.75) is 26.3 Å². The Kier molecular flexibility index (Phi) is 5.79. The van der Waals surface area contributed by atoms with E-state index in [0.717, 1.165) is 11.4 Å². The Morgan fingerprint density at radius 2 is 2.00 bits per heavy atom. The topological polar surface area (TPSA) is 98.6 Å². The van der Waals surface area contributed by atoms with Gasteiger partial charge in [-0.2, -0.15) is 0 Å². The summed E-state index contributed by atoms with van der Waals surface area (Å²) < 4.78 is 30.6. The number of sulfone groups is 1. The summed E-state index contributed by atoms with van der Waals surface area (Å²) in [7, 11) is 0.699. The van der Waals surface area contributed by atoms with Crippen LogP contribution in [0.5, 0.6) is 0 Å². The molecule has 0 aliphatic carbocycles. The highest BCUT2D eigenvalue weighted by Crippen LogP contribution is 2.29. The minimum absolute atomic E-state index is 0.0839. The van der Waals surface area contributed by atoms with Crippen LogP contribution in [0.2, 0.25) is 0 Å². The molecule has 1 aliphatic heterocycles. The van der Waals surface area contributed by atoms with E-state index in [9.17, 15) is 18.0 Å². The molecule has 1 unspecified atom stereocenters. The maximum absolute atomic E-state index is 12.6. The lowest BCUT2D eigenvalue weighted by Gasteiger charge is -2.16. The molecule has 1 atom stereocenters. The second-order valence-electron chi connectivity index (χ2n) is 7.51. The number of nitrogens with zero attached hydrogens (tertiary/aromatic N) is 3. The molecule has 3 rings (SSSR count). The van der Waals surface area contributed by atoms with E-state index in [2.05, 4.69) is 4.98 Å². The van der Waals surface area contributed by atoms with Crippen LogP contribution in [0.15, 0.2) is 24.4 Å². The summed E-state index contributed by atoms with van der Waals surface area (Å²) in [6.45, 7) is 3.23. The molecule has 0 spiro atoms. The Morgan fingerprint density at radius 1 is 1.28 bits per heavy atom. The lowest BCUT2D eigenvalue weighted by atomic mass is 10.1. The SMILES string of the molecule is Cc1cc(C(=O)COC(=O)c2ccc(N(C)C)cn2)c(C)n1C1CCS(=O)(=O)C1. The maximum Gasteiger partial charge on any atom is 0.357 e. The van der Waals surface area contributed by atoms with Crippen molar-refractivity contribution in [1.82, 2.24) is 9.55 Å². The van der Waals surface area contributed by atoms with Crippen molar-refractivity contribution >= 4 is 27.3 Å². The molecule has 0 radical (unpaired) electrons. The van der Waals surface area contributed by atoms with Gasteiger partial charge in [0, 0.05) is 37.1 Å². The number of carbonyl (C=O) groups excluding carboxylic acids is 2. The number of ketones is 1. The second kappa shape index (κ2) is 7.98. The zero-order valence-corrected chi connectivity index (χ0v) is 17.8. The third kappa shape index (κ3) is 4.50. The van der Waals surface area contributed by atoms with Crippen LogP contribution < -0.4 is 4.90 Å². The van der Waals surface area contributed by atoms with Gasteiger partial charge in [0.2, 0.25) is 5.78 Å². The zero-order valence-electron chi connectivity index (χ0n) is 17.0. The average molecular weight is 420 g/mol. The molecular formula is C20H25N3O5S. The van der Waals surface area contributed by atoms with Crippen molar-refractivity contribution in [2.75, 3.05) is 37.1 Å². The van der Waals surface area contributed by atoms with Gasteiger partial charge in [-0.05, 0) is 38.5 Å². The Balaban J connectivity index is 1.68. The van der Waals surface area contributed by atoms with Crippen LogP contribution in [0.25, 0.3) is 0 Å². The normalized spacial score (nSPS) is 17.9. The summed E-state index contributed by atoms with van der Waals surface area (Å²) in [6.07, 6.45) is 2.09. The highest BCUT2D eigenvalue weighted by Gasteiger charge is 2.31. The molecule has 0 amide bonds. The summed E-state index contributed by atoms with van der Waals surface area (Å²) in [5.74, 6) is -0.752. The Morgan fingerprint density at radius 3 is 2.55 bits per heavy atom. The number of aromatic nitrogens is 2. The van der Waals surface area contributed by atoms with E-state index < -0.39 is 22.4 Å². The largest absolute Gasteiger partial charge is 0.453 e. The average Bonchev–Trinajstić information content (AvgIpc) is 3.17. The third-order valence-corrected chi connectivity index (χ3v) is 6.92. The van der Waals surface area contributed by atoms with E-state index >= 15 is 0 Å². The van der Waals surface area contributed by atoms with Crippen LogP contribution in [0.1, 0.15) is 44.7 Å². The maximum atomic E-state index is 12.6. The smallest absolute Gasteiger partial charge is 0.357 e. The zero-order chi connectivity index (χ0) is 21.3. The van der Waals surface area contributed by atoms with Gasteiger partial charge in [0.05, 0.1) is 23.4 Å². The predicted octanol–water partition coefficient (Wildman–Crippen LogP) is 1.97. The molecule has 29 heavy (non-hydrogen) atoms. The van der Waals surface area contributed by atoms with E-state index in [0.29, 0.717) is 17.7 Å². The van der Waals surface area contributed by atoms with Gasteiger partial charge in [-0.1, -0.05) is 0 Å². The molecule has 1 aliphatic rings. The van der Waals surface area contributed by atoms with Gasteiger partial charge in [0.1, 0.15) is 5.69 Å². The van der Waals surface area contributed by atoms with Crippen LogP contribution >= 0.6 is 0 Å². The Bertz CT molecular complexity index is 1040. The highest BCUT2D eigenvalue weighted by molar-refractivity contribution is 7.91. The number of pyridine rings is 1. The van der Waals surface area contributed by atoms with Crippen LogP contribution in [0, 0.1) is 13.8 Å². The van der Waals surface area contributed by atoms with Crippen molar-refractivity contribution < 1.29 is 22.7 Å². The van der Waals surface area contributed by atoms with Gasteiger partial charge in [-0.15, -0.1) is 0 Å². The lowest BCUT2D eigenvalue weighted by Crippen LogP contribution is -2.17. The first-order chi connectivity index (χ1) is 13.6. The van der Waals surface area contributed by atoms with Gasteiger partial charge >= 0.3 is 5.97 Å². The van der Waals surface area contributed by atoms with E-state index in [-0.39, 0.29) is 29.0 Å². The Labute approximate surface area is 170 Å². The second-order valence-corrected chi connectivity index (χ2v) is 9.74. The van der Waals surface area contributed by atoms with Crippen LogP contribution in [0.4, 0.5) is 5.69 Å². The summed E-state index contributed by atoms with van der Waals surface area (Å²) in [5, 5.41) is 0. The summed E-state index contributed by atoms with van der Waals surface area (Å²) in [5.41, 5.74) is 2.93. The highest BCUT2D eigenvalue weighted by atomic mass is 32.2. The van der Waals surface area contributed by atoms with Crippen molar-refractivity contribution in [3.63, 3.8) is 0 Å². The quantitative estimate of drug-likeness (QED) is 0.521. The molecule has 2 aromatic heterocycles. The van der Waals surface area contributed by atoms with Gasteiger partial charge in [0.25, 0.3) is 0 Å². The molecule has 2 aromatic rings. The number of ether oxygens (including phenoxy) is 1. The first-order valence-corrected chi connectivity index (χ1v) is 11.1. The fourth-order valence-electron chi connectivity index (χ4n) is 3.65. The fraction of sp³-hybridized carbons (Fsp3) is 0.450. The molecule has 0 aromatic carbocycles. The number of aryl methyl sites for hydroxylation is 1. The standard InChI is InChI=1S/C20H25N3O5S/c1-13-9-17(14(2)23(13)16-7-8-29(26,27)12-16)19(24)11-28-20(25)18-6-5-15(10-21-18)22(3)4/h5-6,9-10,16H,7-8,11-12H2,1-4H3. The third-order valence-electron chi connectivity index (χ3n) is 5.17. The molecule has 3 heterocycles. The molecule has 0 saturated carbocycles. The van der Waals surface area contributed by atoms with Gasteiger partial charge in [-0.3, -0.25) is 4.79 Å². The van der Waals surface area contributed by atoms with Crippen LogP contribution in [0.3, 0.4) is 0 Å². The predicted molar refractivity (Wildman–Crippen MR) is 109 cm³/mol. The molecular weight excluding hydrogens is 394 g/mol. The number of esters is 1. The Hall–Kier alpha value is -2.68. The van der Waals surface area contributed by atoms with Gasteiger partial charge < -0.3 is 14.2 Å². The van der Waals surface area contributed by atoms with Gasteiger partial charge in [-0.25, -0.2) is 18.2 Å². The minimum Gasteiger partial charge on any atom is -0.453 e. The van der Waals surface area contributed by atoms with Crippen molar-refractivity contribution in [2.24, 2.45) is 0 Å². The molecule has 0 bridgehead atoms. The number of hydrogen-bond donors (Lipinski definition) is 0. The molecule has 9 heteroatoms. The van der Waals surface area contributed by atoms with Crippen molar-refractivity contribution in [3.8, 4) is 0 Å². The summed E-state index contributed by atoms with van der Waals surface area (Å²) in [4.78, 5) is 30.7. The van der Waals surface area contributed by atoms with Gasteiger partial charge in [0.15, 0.2) is 16.4 Å². The first kappa shape index (κ1) is 21.0. The number of hydrogen-bond acceptors (Lipinski definition) is 7. The summed E-state index contributed by atoms with van der Waals surface area (Å²) >= 11 is 0. The number of rotatable bonds is 6. The lowest BCUT2D eigenvalue weighted by molar-refractivity contribution is 0.0468. The van der Waals surface area contributed by atoms with Crippen molar-refractivity contribution in [3.05, 3.63) is 47.0 Å². The van der Waals surface area contributed by atoms with Crippen molar-refractivity contribution in [1.29, 1.82) is 0 Å².